The molecule has 0 N–H and O–H groups in total. The van der Waals surface area contributed by atoms with E-state index in [2.05, 4.69) is 33.8 Å². The molecule has 1 fully saturated rings. The van der Waals surface area contributed by atoms with Crippen LogP contribution >= 0.6 is 0 Å². The third kappa shape index (κ3) is 1.63. The molecule has 2 rings (SSSR count). The van der Waals surface area contributed by atoms with Gasteiger partial charge in [-0.05, 0) is 31.1 Å². The number of hydrogen-bond acceptors (Lipinski definition) is 1. The van der Waals surface area contributed by atoms with Crippen molar-refractivity contribution in [1.29, 1.82) is 0 Å². The van der Waals surface area contributed by atoms with Crippen LogP contribution in [0.3, 0.4) is 0 Å². The van der Waals surface area contributed by atoms with E-state index in [-0.39, 0.29) is 0 Å². The fraction of sp³-hybridized carbons (Fsp3) is 0.846. The standard InChI is InChI=1S/C13H22O/c1-8(2)13-12-6-11(7-14-13)9(3)5-10(12)4/h5,8-9,11-13H,6-7H2,1-4H3/t9-,11+,12-,13+/m0/s1. The predicted molar refractivity (Wildman–Crippen MR) is 59.1 cm³/mol. The molecule has 0 unspecified atom stereocenters. The molecule has 1 aliphatic heterocycles. The second kappa shape index (κ2) is 3.69. The average Bonchev–Trinajstić information content (AvgIpc) is 2.14. The van der Waals surface area contributed by atoms with Gasteiger partial charge >= 0.3 is 0 Å². The van der Waals surface area contributed by atoms with Gasteiger partial charge in [-0.1, -0.05) is 32.4 Å². The van der Waals surface area contributed by atoms with Crippen molar-refractivity contribution in [2.75, 3.05) is 6.61 Å². The minimum atomic E-state index is 0.468. The van der Waals surface area contributed by atoms with Crippen molar-refractivity contribution in [2.24, 2.45) is 23.7 Å². The average molecular weight is 194 g/mol. The summed E-state index contributed by atoms with van der Waals surface area (Å²) in [7, 11) is 0. The first-order valence-corrected chi connectivity index (χ1v) is 5.89. The zero-order valence-corrected chi connectivity index (χ0v) is 9.79. The molecule has 0 saturated carbocycles. The van der Waals surface area contributed by atoms with Crippen LogP contribution in [-0.2, 0) is 4.74 Å². The van der Waals surface area contributed by atoms with Crippen molar-refractivity contribution in [3.8, 4) is 0 Å². The SMILES string of the molecule is CC1=C[C@H](C)[C@H]2CO[C@H](C(C)C)[C@H]1C2. The maximum atomic E-state index is 6.01. The van der Waals surface area contributed by atoms with Crippen LogP contribution < -0.4 is 0 Å². The van der Waals surface area contributed by atoms with Gasteiger partial charge in [0.1, 0.15) is 0 Å². The molecule has 1 saturated heterocycles. The molecule has 0 aromatic rings. The molecule has 2 aliphatic rings. The van der Waals surface area contributed by atoms with E-state index < -0.39 is 0 Å². The summed E-state index contributed by atoms with van der Waals surface area (Å²) >= 11 is 0. The van der Waals surface area contributed by atoms with Crippen LogP contribution in [0.15, 0.2) is 11.6 Å². The molecule has 1 heteroatoms. The molecule has 1 heterocycles. The minimum absolute atomic E-state index is 0.468. The van der Waals surface area contributed by atoms with Crippen LogP contribution in [0, 0.1) is 23.7 Å². The normalized spacial score (nSPS) is 42.5. The van der Waals surface area contributed by atoms with E-state index in [0.717, 1.165) is 18.4 Å². The number of allylic oxidation sites excluding steroid dienone is 1. The summed E-state index contributed by atoms with van der Waals surface area (Å²) in [5.41, 5.74) is 1.56. The summed E-state index contributed by atoms with van der Waals surface area (Å²) in [6.45, 7) is 10.1. The summed E-state index contributed by atoms with van der Waals surface area (Å²) < 4.78 is 6.01. The van der Waals surface area contributed by atoms with Crippen molar-refractivity contribution >= 4 is 0 Å². The zero-order chi connectivity index (χ0) is 10.3. The van der Waals surface area contributed by atoms with Crippen LogP contribution in [0.1, 0.15) is 34.1 Å². The molecule has 1 nitrogen and oxygen atoms in total. The van der Waals surface area contributed by atoms with E-state index in [9.17, 15) is 0 Å². The quantitative estimate of drug-likeness (QED) is 0.582. The number of ether oxygens (including phenoxy) is 1. The second-order valence-corrected chi connectivity index (χ2v) is 5.41. The van der Waals surface area contributed by atoms with Crippen molar-refractivity contribution < 1.29 is 4.74 Å². The van der Waals surface area contributed by atoms with E-state index in [4.69, 9.17) is 4.74 Å². The molecule has 0 spiro atoms. The van der Waals surface area contributed by atoms with Gasteiger partial charge in [0, 0.05) is 5.92 Å². The Morgan fingerprint density at radius 2 is 2.14 bits per heavy atom. The van der Waals surface area contributed by atoms with E-state index in [1.807, 2.05) is 0 Å². The molecular weight excluding hydrogens is 172 g/mol. The molecule has 14 heavy (non-hydrogen) atoms. The Morgan fingerprint density at radius 3 is 2.79 bits per heavy atom. The highest BCUT2D eigenvalue weighted by molar-refractivity contribution is 5.14. The largest absolute Gasteiger partial charge is 0.377 e. The van der Waals surface area contributed by atoms with Crippen molar-refractivity contribution in [1.82, 2.24) is 0 Å². The third-order valence-electron chi connectivity index (χ3n) is 3.97. The number of rotatable bonds is 1. The predicted octanol–water partition coefficient (Wildman–Crippen LogP) is 3.26. The molecule has 80 valence electrons. The maximum absolute atomic E-state index is 6.01. The van der Waals surface area contributed by atoms with Crippen LogP contribution in [0.4, 0.5) is 0 Å². The minimum Gasteiger partial charge on any atom is -0.377 e. The summed E-state index contributed by atoms with van der Waals surface area (Å²) in [5.74, 6) is 2.85. The van der Waals surface area contributed by atoms with Crippen LogP contribution in [0.5, 0.6) is 0 Å². The van der Waals surface area contributed by atoms with Crippen LogP contribution in [-0.4, -0.2) is 12.7 Å². The third-order valence-corrected chi connectivity index (χ3v) is 3.97. The molecule has 0 amide bonds. The first-order valence-electron chi connectivity index (χ1n) is 5.89. The maximum Gasteiger partial charge on any atom is 0.0663 e. The Kier molecular flexibility index (Phi) is 2.70. The van der Waals surface area contributed by atoms with E-state index >= 15 is 0 Å². The summed E-state index contributed by atoms with van der Waals surface area (Å²) in [6, 6.07) is 0. The molecule has 4 atom stereocenters. The van der Waals surface area contributed by atoms with Gasteiger partial charge < -0.3 is 4.74 Å². The lowest BCUT2D eigenvalue weighted by molar-refractivity contribution is -0.0808. The highest BCUT2D eigenvalue weighted by Gasteiger charge is 2.38. The number of fused-ring (bicyclic) bond motifs is 2. The Morgan fingerprint density at radius 1 is 1.43 bits per heavy atom. The fourth-order valence-corrected chi connectivity index (χ4v) is 3.02. The van der Waals surface area contributed by atoms with Gasteiger partial charge in [0.25, 0.3) is 0 Å². The Hall–Kier alpha value is -0.300. The van der Waals surface area contributed by atoms with Crippen molar-refractivity contribution in [3.05, 3.63) is 11.6 Å². The monoisotopic (exact) mass is 194 g/mol. The van der Waals surface area contributed by atoms with Gasteiger partial charge in [-0.25, -0.2) is 0 Å². The summed E-state index contributed by atoms with van der Waals surface area (Å²) in [4.78, 5) is 0. The fourth-order valence-electron chi connectivity index (χ4n) is 3.02. The highest BCUT2D eigenvalue weighted by Crippen LogP contribution is 2.41. The Labute approximate surface area is 87.5 Å². The lowest BCUT2D eigenvalue weighted by Gasteiger charge is -2.44. The van der Waals surface area contributed by atoms with Gasteiger partial charge in [0.15, 0.2) is 0 Å². The highest BCUT2D eigenvalue weighted by atomic mass is 16.5. The van der Waals surface area contributed by atoms with E-state index in [0.29, 0.717) is 17.9 Å². The van der Waals surface area contributed by atoms with Gasteiger partial charge in [0.05, 0.1) is 12.7 Å². The topological polar surface area (TPSA) is 9.23 Å². The molecule has 1 aliphatic carbocycles. The smallest absolute Gasteiger partial charge is 0.0663 e. The second-order valence-electron chi connectivity index (χ2n) is 5.41. The van der Waals surface area contributed by atoms with Crippen molar-refractivity contribution in [2.45, 2.75) is 40.2 Å². The van der Waals surface area contributed by atoms with Gasteiger partial charge in [-0.3, -0.25) is 0 Å². The zero-order valence-electron chi connectivity index (χ0n) is 9.79. The first-order chi connectivity index (χ1) is 6.59. The number of hydrogen-bond donors (Lipinski definition) is 0. The van der Waals surface area contributed by atoms with Crippen molar-refractivity contribution in [3.63, 3.8) is 0 Å². The van der Waals surface area contributed by atoms with Gasteiger partial charge in [-0.2, -0.15) is 0 Å². The summed E-state index contributed by atoms with van der Waals surface area (Å²) in [5, 5.41) is 0. The molecular formula is C13H22O. The Balaban J connectivity index is 2.20. The summed E-state index contributed by atoms with van der Waals surface area (Å²) in [6.07, 6.45) is 4.29. The molecule has 0 aromatic heterocycles. The molecule has 0 radical (unpaired) electrons. The van der Waals surface area contributed by atoms with Crippen LogP contribution in [0.25, 0.3) is 0 Å². The first kappa shape index (κ1) is 10.2. The lowest BCUT2D eigenvalue weighted by Crippen LogP contribution is -2.42. The van der Waals surface area contributed by atoms with E-state index in [1.165, 1.54) is 6.42 Å². The van der Waals surface area contributed by atoms with Crippen LogP contribution in [0.2, 0.25) is 0 Å². The van der Waals surface area contributed by atoms with E-state index in [1.54, 1.807) is 5.57 Å². The molecule has 2 bridgehead atoms. The van der Waals surface area contributed by atoms with Gasteiger partial charge in [0.2, 0.25) is 0 Å². The molecule has 0 aromatic carbocycles. The lowest BCUT2D eigenvalue weighted by atomic mass is 9.70. The van der Waals surface area contributed by atoms with Gasteiger partial charge in [-0.15, -0.1) is 0 Å². The Bertz CT molecular complexity index is 242.